The van der Waals surface area contributed by atoms with Gasteiger partial charge in [0, 0.05) is 5.56 Å². The van der Waals surface area contributed by atoms with Crippen molar-refractivity contribution in [3.05, 3.63) is 17.0 Å². The SMILES string of the molecule is CCC[C@H]1C[C@H](O)c2ccsc2S1(=O)=O. The maximum atomic E-state index is 12.1. The monoisotopic (exact) mass is 246 g/mol. The molecule has 2 rings (SSSR count). The highest BCUT2D eigenvalue weighted by atomic mass is 32.2. The van der Waals surface area contributed by atoms with Crippen molar-refractivity contribution in [1.29, 1.82) is 0 Å². The molecular weight excluding hydrogens is 232 g/mol. The van der Waals surface area contributed by atoms with Crippen molar-refractivity contribution in [1.82, 2.24) is 0 Å². The Kier molecular flexibility index (Phi) is 2.87. The number of rotatable bonds is 2. The van der Waals surface area contributed by atoms with Crippen LogP contribution in [0.5, 0.6) is 0 Å². The zero-order valence-electron chi connectivity index (χ0n) is 8.51. The smallest absolute Gasteiger partial charge is 0.191 e. The molecule has 0 spiro atoms. The third-order valence-corrected chi connectivity index (χ3v) is 6.58. The minimum absolute atomic E-state index is 0.347. The van der Waals surface area contributed by atoms with Crippen LogP contribution in [0.1, 0.15) is 37.9 Å². The first-order valence-corrected chi connectivity index (χ1v) is 7.49. The number of hydrogen-bond donors (Lipinski definition) is 1. The molecule has 1 aliphatic heterocycles. The molecule has 0 aromatic carbocycles. The van der Waals surface area contributed by atoms with Gasteiger partial charge in [-0.2, -0.15) is 0 Å². The molecule has 2 atom stereocenters. The van der Waals surface area contributed by atoms with Crippen LogP contribution < -0.4 is 0 Å². The van der Waals surface area contributed by atoms with Crippen molar-refractivity contribution < 1.29 is 13.5 Å². The second kappa shape index (κ2) is 3.88. The highest BCUT2D eigenvalue weighted by Gasteiger charge is 2.38. The number of hydrogen-bond acceptors (Lipinski definition) is 4. The lowest BCUT2D eigenvalue weighted by Crippen LogP contribution is -2.28. The molecule has 1 aromatic rings. The Morgan fingerprint density at radius 3 is 3.00 bits per heavy atom. The quantitative estimate of drug-likeness (QED) is 0.869. The van der Waals surface area contributed by atoms with E-state index in [0.717, 1.165) is 6.42 Å². The maximum absolute atomic E-state index is 12.1. The van der Waals surface area contributed by atoms with Gasteiger partial charge < -0.3 is 5.11 Å². The van der Waals surface area contributed by atoms with Crippen LogP contribution in [-0.2, 0) is 9.84 Å². The van der Waals surface area contributed by atoms with E-state index >= 15 is 0 Å². The summed E-state index contributed by atoms with van der Waals surface area (Å²) in [7, 11) is -3.18. The van der Waals surface area contributed by atoms with E-state index in [1.807, 2.05) is 6.92 Å². The molecule has 2 heterocycles. The second-order valence-electron chi connectivity index (χ2n) is 3.87. The average molecular weight is 246 g/mol. The van der Waals surface area contributed by atoms with E-state index in [1.54, 1.807) is 11.4 Å². The summed E-state index contributed by atoms with van der Waals surface area (Å²) in [6, 6.07) is 1.71. The third-order valence-electron chi connectivity index (χ3n) is 2.81. The number of sulfone groups is 1. The Labute approximate surface area is 93.7 Å². The molecule has 0 saturated carbocycles. The average Bonchev–Trinajstić information content (AvgIpc) is 2.64. The zero-order chi connectivity index (χ0) is 11.1. The molecule has 5 heteroatoms. The van der Waals surface area contributed by atoms with Gasteiger partial charge in [-0.3, -0.25) is 0 Å². The van der Waals surface area contributed by atoms with Crippen molar-refractivity contribution >= 4 is 21.2 Å². The molecule has 84 valence electrons. The lowest BCUT2D eigenvalue weighted by atomic mass is 10.1. The van der Waals surface area contributed by atoms with Crippen LogP contribution in [0.3, 0.4) is 0 Å². The first kappa shape index (κ1) is 11.1. The summed E-state index contributed by atoms with van der Waals surface area (Å²) in [5.41, 5.74) is 0.590. The Bertz CT molecular complexity index is 447. The van der Waals surface area contributed by atoms with Gasteiger partial charge in [0.05, 0.1) is 11.4 Å². The Morgan fingerprint density at radius 1 is 1.60 bits per heavy atom. The van der Waals surface area contributed by atoms with Gasteiger partial charge in [-0.05, 0) is 24.3 Å². The number of fused-ring (bicyclic) bond motifs is 1. The number of thiophene rings is 1. The topological polar surface area (TPSA) is 54.4 Å². The van der Waals surface area contributed by atoms with E-state index in [1.165, 1.54) is 11.3 Å². The predicted octanol–water partition coefficient (Wildman–Crippen LogP) is 2.13. The molecule has 0 radical (unpaired) electrons. The van der Waals surface area contributed by atoms with Crippen LogP contribution in [0.25, 0.3) is 0 Å². The Hall–Kier alpha value is -0.390. The summed E-state index contributed by atoms with van der Waals surface area (Å²) in [6.45, 7) is 1.96. The lowest BCUT2D eigenvalue weighted by Gasteiger charge is -2.25. The van der Waals surface area contributed by atoms with Crippen molar-refractivity contribution in [3.63, 3.8) is 0 Å². The summed E-state index contributed by atoms with van der Waals surface area (Å²) < 4.78 is 24.6. The first-order chi connectivity index (χ1) is 7.07. The molecule has 1 N–H and O–H groups in total. The Morgan fingerprint density at radius 2 is 2.33 bits per heavy atom. The van der Waals surface area contributed by atoms with Crippen LogP contribution in [0.15, 0.2) is 15.7 Å². The summed E-state index contributed by atoms with van der Waals surface area (Å²) >= 11 is 1.22. The fourth-order valence-electron chi connectivity index (χ4n) is 2.03. The predicted molar refractivity (Wildman–Crippen MR) is 59.8 cm³/mol. The van der Waals surface area contributed by atoms with E-state index in [-0.39, 0.29) is 0 Å². The highest BCUT2D eigenvalue weighted by Crippen LogP contribution is 2.40. The molecule has 1 aromatic heterocycles. The van der Waals surface area contributed by atoms with E-state index in [2.05, 4.69) is 0 Å². The molecule has 0 unspecified atom stereocenters. The molecule has 0 bridgehead atoms. The van der Waals surface area contributed by atoms with Crippen LogP contribution in [0, 0.1) is 0 Å². The molecule has 3 nitrogen and oxygen atoms in total. The highest BCUT2D eigenvalue weighted by molar-refractivity contribution is 7.94. The van der Waals surface area contributed by atoms with Gasteiger partial charge in [-0.1, -0.05) is 13.3 Å². The second-order valence-corrected chi connectivity index (χ2v) is 7.21. The van der Waals surface area contributed by atoms with Gasteiger partial charge >= 0.3 is 0 Å². The maximum Gasteiger partial charge on any atom is 0.191 e. The lowest BCUT2D eigenvalue weighted by molar-refractivity contribution is 0.158. The molecule has 0 aliphatic carbocycles. The number of aliphatic hydroxyl groups is 1. The molecule has 1 aliphatic rings. The van der Waals surface area contributed by atoms with E-state index in [4.69, 9.17) is 0 Å². The zero-order valence-corrected chi connectivity index (χ0v) is 10.1. The van der Waals surface area contributed by atoms with Gasteiger partial charge in [0.2, 0.25) is 0 Å². The summed E-state index contributed by atoms with van der Waals surface area (Å²) in [5, 5.41) is 11.2. The molecule has 0 amide bonds. The summed E-state index contributed by atoms with van der Waals surface area (Å²) in [5.74, 6) is 0. The third kappa shape index (κ3) is 1.73. The van der Waals surface area contributed by atoms with Crippen molar-refractivity contribution in [3.8, 4) is 0 Å². The normalized spacial score (nSPS) is 28.7. The standard InChI is InChI=1S/C10H14O3S2/c1-2-3-7-6-9(11)8-4-5-14-10(8)15(7,12)13/h4-5,7,9,11H,2-3,6H2,1H3/t7-,9-/m0/s1. The fourth-order valence-corrected chi connectivity index (χ4v) is 5.64. The van der Waals surface area contributed by atoms with Crippen molar-refractivity contribution in [2.45, 2.75) is 41.7 Å². The van der Waals surface area contributed by atoms with Crippen LogP contribution in [0.2, 0.25) is 0 Å². The van der Waals surface area contributed by atoms with Crippen LogP contribution >= 0.6 is 11.3 Å². The van der Waals surface area contributed by atoms with E-state index in [0.29, 0.717) is 22.6 Å². The van der Waals surface area contributed by atoms with Gasteiger partial charge in [0.25, 0.3) is 0 Å². The first-order valence-electron chi connectivity index (χ1n) is 5.06. The summed E-state index contributed by atoms with van der Waals surface area (Å²) in [6.07, 6.45) is 1.21. The molecule has 0 saturated heterocycles. The summed E-state index contributed by atoms with van der Waals surface area (Å²) in [4.78, 5) is 0. The fraction of sp³-hybridized carbons (Fsp3) is 0.600. The van der Waals surface area contributed by atoms with E-state index in [9.17, 15) is 13.5 Å². The largest absolute Gasteiger partial charge is 0.388 e. The van der Waals surface area contributed by atoms with Crippen LogP contribution in [0.4, 0.5) is 0 Å². The van der Waals surface area contributed by atoms with E-state index < -0.39 is 21.2 Å². The minimum Gasteiger partial charge on any atom is -0.388 e. The van der Waals surface area contributed by atoms with Crippen molar-refractivity contribution in [2.24, 2.45) is 0 Å². The Balaban J connectivity index is 2.47. The number of aliphatic hydroxyl groups excluding tert-OH is 1. The molecule has 15 heavy (non-hydrogen) atoms. The van der Waals surface area contributed by atoms with Gasteiger partial charge in [0.15, 0.2) is 9.84 Å². The van der Waals surface area contributed by atoms with Gasteiger partial charge in [-0.15, -0.1) is 11.3 Å². The van der Waals surface area contributed by atoms with Gasteiger partial charge in [-0.25, -0.2) is 8.42 Å². The molecular formula is C10H14O3S2. The van der Waals surface area contributed by atoms with Crippen LogP contribution in [-0.4, -0.2) is 18.8 Å². The van der Waals surface area contributed by atoms with Gasteiger partial charge in [0.1, 0.15) is 4.21 Å². The molecule has 0 fully saturated rings. The minimum atomic E-state index is -3.18. The van der Waals surface area contributed by atoms with Crippen molar-refractivity contribution in [2.75, 3.05) is 0 Å².